The van der Waals surface area contributed by atoms with Gasteiger partial charge in [-0.05, 0) is 59.7 Å². The van der Waals surface area contributed by atoms with Gasteiger partial charge in [0.15, 0.2) is 15.3 Å². The average Bonchev–Trinajstić information content (AvgIpc) is 3.70. The number of hydrogen-bond donors (Lipinski definition) is 0. The van der Waals surface area contributed by atoms with Crippen molar-refractivity contribution >= 4 is 68.3 Å². The Morgan fingerprint density at radius 1 is 0.872 bits per heavy atom. The van der Waals surface area contributed by atoms with E-state index in [1.165, 1.54) is 39.8 Å². The highest BCUT2D eigenvalue weighted by Gasteiger charge is 2.66. The Balaban J connectivity index is 1.32. The molecule has 2 aliphatic rings. The average molecular weight is 685 g/mol. The summed E-state index contributed by atoms with van der Waals surface area (Å²) in [5.41, 5.74) is -0.657. The van der Waals surface area contributed by atoms with Crippen molar-refractivity contribution in [1.29, 1.82) is 0 Å². The molecular weight excluding hydrogens is 666 g/mol. The van der Waals surface area contributed by atoms with Crippen LogP contribution in [0.3, 0.4) is 0 Å². The minimum atomic E-state index is -2.04. The molecule has 232 valence electrons. The molecule has 8 nitrogen and oxygen atoms in total. The molecule has 2 aromatic heterocycles. The normalized spacial score (nSPS) is 16.8. The smallest absolute Gasteiger partial charge is 0.297 e. The standard InChI is InChI=1S/C34H19ClF2N4O4S2/c35-20-5-3-4-19(14-20)17-46-33-39-38-32(47-33)41-30(43)29-27(28(42)23-15-22(37)12-13-26(23)45-29)34(41)24-6-1-2-7-25(24)40(31(34)44)16-18-8-10-21(36)11-9-18/h1-15H,16-17H2. The van der Waals surface area contributed by atoms with Gasteiger partial charge in [0.2, 0.25) is 10.9 Å². The van der Waals surface area contributed by atoms with E-state index in [4.69, 9.17) is 16.0 Å². The number of para-hydroxylation sites is 1. The summed E-state index contributed by atoms with van der Waals surface area (Å²) in [5.74, 6) is -2.33. The van der Waals surface area contributed by atoms with E-state index in [1.54, 1.807) is 42.5 Å². The van der Waals surface area contributed by atoms with Gasteiger partial charge in [-0.25, -0.2) is 8.78 Å². The van der Waals surface area contributed by atoms with Crippen LogP contribution >= 0.6 is 34.7 Å². The molecule has 6 aromatic rings. The molecule has 0 saturated heterocycles. The van der Waals surface area contributed by atoms with Crippen molar-refractivity contribution in [3.8, 4) is 0 Å². The Labute approximate surface area is 278 Å². The number of thioether (sulfide) groups is 1. The number of benzene rings is 4. The van der Waals surface area contributed by atoms with Crippen molar-refractivity contribution in [2.24, 2.45) is 0 Å². The first kappa shape index (κ1) is 29.5. The van der Waals surface area contributed by atoms with Gasteiger partial charge in [-0.2, -0.15) is 0 Å². The second-order valence-electron chi connectivity index (χ2n) is 10.9. The van der Waals surface area contributed by atoms with E-state index >= 15 is 0 Å². The van der Waals surface area contributed by atoms with E-state index in [-0.39, 0.29) is 34.0 Å². The monoisotopic (exact) mass is 684 g/mol. The third kappa shape index (κ3) is 4.58. The number of nitrogens with zero attached hydrogens (tertiary/aromatic N) is 4. The first-order chi connectivity index (χ1) is 22.8. The number of fused-ring (bicyclic) bond motifs is 5. The minimum Gasteiger partial charge on any atom is -0.450 e. The van der Waals surface area contributed by atoms with Crippen LogP contribution in [0.25, 0.3) is 11.0 Å². The number of carbonyl (C=O) groups excluding carboxylic acids is 2. The predicted octanol–water partition coefficient (Wildman–Crippen LogP) is 7.32. The summed E-state index contributed by atoms with van der Waals surface area (Å²) in [4.78, 5) is 46.4. The fraction of sp³-hybridized carbons (Fsp3) is 0.0882. The summed E-state index contributed by atoms with van der Waals surface area (Å²) in [5, 5.41) is 9.18. The zero-order valence-corrected chi connectivity index (χ0v) is 26.3. The highest BCUT2D eigenvalue weighted by atomic mass is 35.5. The molecular formula is C34H19ClF2N4O4S2. The van der Waals surface area contributed by atoms with Crippen LogP contribution in [0.5, 0.6) is 0 Å². The number of carbonyl (C=O) groups is 2. The van der Waals surface area contributed by atoms with Crippen molar-refractivity contribution in [3.63, 3.8) is 0 Å². The Morgan fingerprint density at radius 2 is 1.66 bits per heavy atom. The molecule has 0 aliphatic carbocycles. The summed E-state index contributed by atoms with van der Waals surface area (Å²) in [6.45, 7) is 0.0135. The minimum absolute atomic E-state index is 0.00238. The fourth-order valence-corrected chi connectivity index (χ4v) is 8.24. The Hall–Kier alpha value is -4.91. The van der Waals surface area contributed by atoms with Gasteiger partial charge in [-0.15, -0.1) is 10.2 Å². The van der Waals surface area contributed by atoms with E-state index in [9.17, 15) is 23.2 Å². The second-order valence-corrected chi connectivity index (χ2v) is 13.5. The molecule has 0 bridgehead atoms. The van der Waals surface area contributed by atoms with Gasteiger partial charge in [0.25, 0.3) is 11.8 Å². The summed E-state index contributed by atoms with van der Waals surface area (Å²) >= 11 is 8.60. The number of amides is 2. The van der Waals surface area contributed by atoms with Gasteiger partial charge < -0.3 is 9.32 Å². The van der Waals surface area contributed by atoms with E-state index < -0.39 is 34.4 Å². The highest BCUT2D eigenvalue weighted by Crippen LogP contribution is 2.55. The predicted molar refractivity (Wildman–Crippen MR) is 175 cm³/mol. The SMILES string of the molecule is O=C1c2oc3ccc(F)cc3c(=O)c2C2(C(=O)N(Cc3ccc(F)cc3)c3ccccc32)N1c1nnc(SCc2cccc(Cl)c2)s1. The third-order valence-electron chi connectivity index (χ3n) is 8.18. The van der Waals surface area contributed by atoms with E-state index in [0.29, 0.717) is 31.9 Å². The summed E-state index contributed by atoms with van der Waals surface area (Å²) in [6, 6.07) is 23.3. The Kier molecular flexibility index (Phi) is 6.97. The number of anilines is 2. The van der Waals surface area contributed by atoms with Gasteiger partial charge in [-0.3, -0.25) is 19.3 Å². The van der Waals surface area contributed by atoms with Crippen LogP contribution in [0.1, 0.15) is 32.8 Å². The number of hydrogen-bond acceptors (Lipinski definition) is 8. The molecule has 1 atom stereocenters. The molecule has 0 N–H and O–H groups in total. The van der Waals surface area contributed by atoms with Gasteiger partial charge in [0, 0.05) is 16.3 Å². The lowest BCUT2D eigenvalue weighted by atomic mass is 9.84. The van der Waals surface area contributed by atoms with Gasteiger partial charge in [0.05, 0.1) is 23.2 Å². The van der Waals surface area contributed by atoms with Gasteiger partial charge >= 0.3 is 0 Å². The zero-order chi connectivity index (χ0) is 32.4. The first-order valence-corrected chi connectivity index (χ1v) is 16.4. The topological polar surface area (TPSA) is 96.6 Å². The molecule has 1 unspecified atom stereocenters. The van der Waals surface area contributed by atoms with Crippen LogP contribution in [-0.2, 0) is 22.6 Å². The molecule has 0 radical (unpaired) electrons. The molecule has 47 heavy (non-hydrogen) atoms. The fourth-order valence-electron chi connectivity index (χ4n) is 6.19. The molecule has 2 aliphatic heterocycles. The Bertz CT molecular complexity index is 2330. The van der Waals surface area contributed by atoms with Crippen LogP contribution in [0.2, 0.25) is 5.02 Å². The van der Waals surface area contributed by atoms with Crippen molar-refractivity contribution in [3.05, 3.63) is 146 Å². The van der Waals surface area contributed by atoms with Crippen molar-refractivity contribution in [2.75, 3.05) is 9.80 Å². The van der Waals surface area contributed by atoms with Gasteiger partial charge in [-0.1, -0.05) is 77.2 Å². The maximum atomic E-state index is 15.0. The first-order valence-electron chi connectivity index (χ1n) is 14.2. The summed E-state index contributed by atoms with van der Waals surface area (Å²) in [6.07, 6.45) is 0. The van der Waals surface area contributed by atoms with Gasteiger partial charge in [0.1, 0.15) is 17.2 Å². The Morgan fingerprint density at radius 3 is 2.47 bits per heavy atom. The maximum absolute atomic E-state index is 15.0. The summed E-state index contributed by atoms with van der Waals surface area (Å²) < 4.78 is 34.7. The molecule has 4 heterocycles. The van der Waals surface area contributed by atoms with Crippen LogP contribution in [0, 0.1) is 11.6 Å². The van der Waals surface area contributed by atoms with Crippen LogP contribution in [0.15, 0.2) is 105 Å². The molecule has 0 fully saturated rings. The van der Waals surface area contributed by atoms with Crippen molar-refractivity contribution in [1.82, 2.24) is 10.2 Å². The van der Waals surface area contributed by atoms with Crippen LogP contribution in [-0.4, -0.2) is 22.0 Å². The lowest BCUT2D eigenvalue weighted by Gasteiger charge is -2.32. The molecule has 8 rings (SSSR count). The molecule has 1 spiro atoms. The number of aromatic nitrogens is 2. The third-order valence-corrected chi connectivity index (χ3v) is 10.5. The van der Waals surface area contributed by atoms with E-state index in [0.717, 1.165) is 29.0 Å². The molecule has 0 saturated carbocycles. The summed E-state index contributed by atoms with van der Waals surface area (Å²) in [7, 11) is 0. The maximum Gasteiger partial charge on any atom is 0.297 e. The molecule has 13 heteroatoms. The van der Waals surface area contributed by atoms with Crippen molar-refractivity contribution < 1.29 is 22.8 Å². The quantitative estimate of drug-likeness (QED) is 0.134. The van der Waals surface area contributed by atoms with Crippen molar-refractivity contribution in [2.45, 2.75) is 22.2 Å². The zero-order valence-electron chi connectivity index (χ0n) is 23.9. The molecule has 2 amide bonds. The number of rotatable bonds is 6. The lowest BCUT2D eigenvalue weighted by Crippen LogP contribution is -2.53. The number of halogens is 3. The van der Waals surface area contributed by atoms with E-state index in [2.05, 4.69) is 10.2 Å². The second kappa shape index (κ2) is 11.1. The largest absolute Gasteiger partial charge is 0.450 e. The van der Waals surface area contributed by atoms with Crippen LogP contribution < -0.4 is 15.2 Å². The highest BCUT2D eigenvalue weighted by molar-refractivity contribution is 8.00. The molecule has 4 aromatic carbocycles. The lowest BCUT2D eigenvalue weighted by molar-refractivity contribution is -0.121. The van der Waals surface area contributed by atoms with Crippen LogP contribution in [0.4, 0.5) is 19.6 Å². The van der Waals surface area contributed by atoms with E-state index in [1.807, 2.05) is 18.2 Å².